The summed E-state index contributed by atoms with van der Waals surface area (Å²) in [6.07, 6.45) is 3.67. The van der Waals surface area contributed by atoms with Gasteiger partial charge >= 0.3 is 16.7 Å². The van der Waals surface area contributed by atoms with Crippen molar-refractivity contribution in [3.8, 4) is 0 Å². The van der Waals surface area contributed by atoms with Crippen LogP contribution in [0.15, 0.2) is 58.9 Å². The largest absolute Gasteiger partial charge is 0.334 e. The van der Waals surface area contributed by atoms with Crippen LogP contribution in [0.5, 0.6) is 0 Å². The topological polar surface area (TPSA) is 82.3 Å². The maximum atomic E-state index is 12.5. The number of aromatic nitrogens is 1. The summed E-state index contributed by atoms with van der Waals surface area (Å²) in [4.78, 5) is 40.3. The lowest BCUT2D eigenvalue weighted by molar-refractivity contribution is -0.143. The number of carbonyl (C=O) groups excluding carboxylic acids is 2. The van der Waals surface area contributed by atoms with Crippen LogP contribution in [0.3, 0.4) is 0 Å². The van der Waals surface area contributed by atoms with Crippen LogP contribution in [0.1, 0.15) is 18.4 Å². The molecule has 1 saturated heterocycles. The molecule has 4 rings (SSSR count). The Kier molecular flexibility index (Phi) is 5.08. The van der Waals surface area contributed by atoms with Gasteiger partial charge in [0.2, 0.25) is 0 Å². The highest BCUT2D eigenvalue weighted by molar-refractivity contribution is 7.16. The van der Waals surface area contributed by atoms with E-state index in [-0.39, 0.29) is 4.87 Å². The molecule has 2 heterocycles. The zero-order valence-electron chi connectivity index (χ0n) is 15.1. The van der Waals surface area contributed by atoms with Gasteiger partial charge < -0.3 is 15.2 Å². The van der Waals surface area contributed by atoms with E-state index in [2.05, 4.69) is 28.5 Å². The summed E-state index contributed by atoms with van der Waals surface area (Å²) < 4.78 is 0.740. The number of aromatic amines is 1. The Morgan fingerprint density at radius 2 is 1.82 bits per heavy atom. The van der Waals surface area contributed by atoms with E-state index in [1.807, 2.05) is 18.2 Å². The number of thiazole rings is 1. The number of rotatable bonds is 2. The summed E-state index contributed by atoms with van der Waals surface area (Å²) in [6, 6.07) is 15.2. The Morgan fingerprint density at radius 1 is 1.07 bits per heavy atom. The Labute approximate surface area is 165 Å². The van der Waals surface area contributed by atoms with E-state index in [4.69, 9.17) is 0 Å². The molecule has 2 N–H and O–H groups in total. The molecule has 2 amide bonds. The summed E-state index contributed by atoms with van der Waals surface area (Å²) in [5, 5.41) is 2.64. The lowest BCUT2D eigenvalue weighted by atomic mass is 10.0. The fourth-order valence-corrected chi connectivity index (χ4v) is 4.05. The summed E-state index contributed by atoms with van der Waals surface area (Å²) in [5.74, 6) is -1.18. The van der Waals surface area contributed by atoms with Crippen LogP contribution in [0, 0.1) is 0 Å². The minimum Gasteiger partial charge on any atom is -0.334 e. The highest BCUT2D eigenvalue weighted by Crippen LogP contribution is 2.21. The average Bonchev–Trinajstić information content (AvgIpc) is 3.08. The molecule has 28 heavy (non-hydrogen) atoms. The van der Waals surface area contributed by atoms with E-state index in [0.29, 0.717) is 24.3 Å². The minimum absolute atomic E-state index is 0.151. The van der Waals surface area contributed by atoms with Gasteiger partial charge in [0, 0.05) is 18.8 Å². The maximum Gasteiger partial charge on any atom is 0.313 e. The third-order valence-corrected chi connectivity index (χ3v) is 5.58. The van der Waals surface area contributed by atoms with Gasteiger partial charge in [-0.25, -0.2) is 0 Å². The normalized spacial score (nSPS) is 14.1. The molecular formula is C21H19N3O3S. The molecule has 0 atom stereocenters. The SMILES string of the molecule is O=C(Nc1ccc2[nH]c(=O)sc2c1)C(=O)N1CCC(=Cc2ccccc2)CC1. The molecule has 1 fully saturated rings. The second kappa shape index (κ2) is 7.82. The van der Waals surface area contributed by atoms with E-state index >= 15 is 0 Å². The number of hydrogen-bond acceptors (Lipinski definition) is 4. The second-order valence-corrected chi connectivity index (χ2v) is 7.70. The first kappa shape index (κ1) is 18.2. The highest BCUT2D eigenvalue weighted by Gasteiger charge is 2.25. The molecule has 2 aromatic carbocycles. The number of piperidine rings is 1. The molecule has 0 radical (unpaired) electrons. The Bertz CT molecular complexity index is 1100. The van der Waals surface area contributed by atoms with Gasteiger partial charge in [0.05, 0.1) is 10.2 Å². The van der Waals surface area contributed by atoms with Crippen LogP contribution < -0.4 is 10.2 Å². The molecular weight excluding hydrogens is 374 g/mol. The zero-order chi connectivity index (χ0) is 19.5. The van der Waals surface area contributed by atoms with Crippen LogP contribution >= 0.6 is 11.3 Å². The standard InChI is InChI=1S/C21H19N3O3S/c25-19(22-16-6-7-17-18(13-16)28-21(27)23-17)20(26)24-10-8-15(9-11-24)12-14-4-2-1-3-5-14/h1-7,12-13H,8-11H2,(H,22,25)(H,23,27). The van der Waals surface area contributed by atoms with E-state index in [1.54, 1.807) is 23.1 Å². The predicted octanol–water partition coefficient (Wildman–Crippen LogP) is 3.23. The first-order valence-electron chi connectivity index (χ1n) is 9.06. The monoisotopic (exact) mass is 393 g/mol. The quantitative estimate of drug-likeness (QED) is 0.656. The Balaban J connectivity index is 1.37. The van der Waals surface area contributed by atoms with Gasteiger partial charge in [0.1, 0.15) is 0 Å². The van der Waals surface area contributed by atoms with Crippen molar-refractivity contribution in [2.75, 3.05) is 18.4 Å². The van der Waals surface area contributed by atoms with Crippen molar-refractivity contribution in [2.45, 2.75) is 12.8 Å². The molecule has 0 unspecified atom stereocenters. The van der Waals surface area contributed by atoms with E-state index in [9.17, 15) is 14.4 Å². The predicted molar refractivity (Wildman–Crippen MR) is 111 cm³/mol. The molecule has 1 aliphatic rings. The molecule has 0 bridgehead atoms. The van der Waals surface area contributed by atoms with Crippen LogP contribution in [0.4, 0.5) is 5.69 Å². The number of hydrogen-bond donors (Lipinski definition) is 2. The van der Waals surface area contributed by atoms with Crippen LogP contribution in [0.2, 0.25) is 0 Å². The third kappa shape index (κ3) is 4.04. The van der Waals surface area contributed by atoms with Crippen molar-refractivity contribution in [3.05, 3.63) is 69.3 Å². The van der Waals surface area contributed by atoms with Gasteiger partial charge in [-0.05, 0) is 36.6 Å². The van der Waals surface area contributed by atoms with Gasteiger partial charge in [-0.15, -0.1) is 0 Å². The highest BCUT2D eigenvalue weighted by atomic mass is 32.1. The number of nitrogens with zero attached hydrogens (tertiary/aromatic N) is 1. The third-order valence-electron chi connectivity index (χ3n) is 4.74. The zero-order valence-corrected chi connectivity index (χ0v) is 15.9. The maximum absolute atomic E-state index is 12.5. The van der Waals surface area contributed by atoms with Gasteiger partial charge in [0.15, 0.2) is 0 Å². The van der Waals surface area contributed by atoms with Crippen molar-refractivity contribution in [2.24, 2.45) is 0 Å². The molecule has 1 aromatic heterocycles. The number of likely N-dealkylation sites (tertiary alicyclic amines) is 1. The molecule has 0 saturated carbocycles. The summed E-state index contributed by atoms with van der Waals surface area (Å²) in [7, 11) is 0. The number of amides is 2. The molecule has 3 aromatic rings. The Morgan fingerprint density at radius 3 is 2.57 bits per heavy atom. The van der Waals surface area contributed by atoms with Gasteiger partial charge in [-0.3, -0.25) is 14.4 Å². The first-order valence-corrected chi connectivity index (χ1v) is 9.88. The first-order chi connectivity index (χ1) is 13.6. The number of carbonyl (C=O) groups is 2. The van der Waals surface area contributed by atoms with E-state index in [1.165, 1.54) is 5.57 Å². The summed E-state index contributed by atoms with van der Waals surface area (Å²) in [6.45, 7) is 1.06. The minimum atomic E-state index is -0.655. The molecule has 1 aliphatic heterocycles. The fraction of sp³-hybridized carbons (Fsp3) is 0.190. The Hall–Kier alpha value is -3.19. The second-order valence-electron chi connectivity index (χ2n) is 6.69. The average molecular weight is 393 g/mol. The van der Waals surface area contributed by atoms with Crippen LogP contribution in [-0.4, -0.2) is 34.8 Å². The smallest absolute Gasteiger partial charge is 0.313 e. The summed E-state index contributed by atoms with van der Waals surface area (Å²) >= 11 is 1.07. The lowest BCUT2D eigenvalue weighted by Crippen LogP contribution is -2.42. The fourth-order valence-electron chi connectivity index (χ4n) is 3.28. The van der Waals surface area contributed by atoms with Gasteiger partial charge in [-0.2, -0.15) is 0 Å². The van der Waals surface area contributed by atoms with Gasteiger partial charge in [0.25, 0.3) is 0 Å². The molecule has 6 nitrogen and oxygen atoms in total. The molecule has 7 heteroatoms. The van der Waals surface area contributed by atoms with Crippen LogP contribution in [0.25, 0.3) is 16.3 Å². The number of benzene rings is 2. The summed E-state index contributed by atoms with van der Waals surface area (Å²) in [5.41, 5.74) is 3.65. The van der Waals surface area contributed by atoms with Crippen LogP contribution in [-0.2, 0) is 9.59 Å². The number of anilines is 1. The van der Waals surface area contributed by atoms with E-state index in [0.717, 1.165) is 34.4 Å². The van der Waals surface area contributed by atoms with Crippen molar-refractivity contribution >= 4 is 45.1 Å². The number of fused-ring (bicyclic) bond motifs is 1. The van der Waals surface area contributed by atoms with Crippen molar-refractivity contribution in [3.63, 3.8) is 0 Å². The number of nitrogens with one attached hydrogen (secondary N) is 2. The van der Waals surface area contributed by atoms with Crippen molar-refractivity contribution in [1.29, 1.82) is 0 Å². The number of H-pyrrole nitrogens is 1. The molecule has 142 valence electrons. The van der Waals surface area contributed by atoms with Gasteiger partial charge in [-0.1, -0.05) is 53.3 Å². The van der Waals surface area contributed by atoms with E-state index < -0.39 is 11.8 Å². The lowest BCUT2D eigenvalue weighted by Gasteiger charge is -2.28. The molecule has 0 spiro atoms. The van der Waals surface area contributed by atoms with Crippen molar-refractivity contribution < 1.29 is 9.59 Å². The molecule has 0 aliphatic carbocycles. The van der Waals surface area contributed by atoms with Crippen molar-refractivity contribution in [1.82, 2.24) is 9.88 Å².